The highest BCUT2D eigenvalue weighted by atomic mass is 32.1. The third kappa shape index (κ3) is 4.76. The second-order valence-electron chi connectivity index (χ2n) is 17.1. The van der Waals surface area contributed by atoms with E-state index in [1.165, 1.54) is 114 Å². The smallest absolute Gasteiger partial charge is 0.0746 e. The first-order valence-corrected chi connectivity index (χ1v) is 22.7. The van der Waals surface area contributed by atoms with Crippen LogP contribution in [0.5, 0.6) is 0 Å². The molecule has 0 bridgehead atoms. The van der Waals surface area contributed by atoms with Crippen LogP contribution in [0.3, 0.4) is 0 Å². The van der Waals surface area contributed by atoms with Gasteiger partial charge < -0.3 is 4.90 Å². The van der Waals surface area contributed by atoms with Gasteiger partial charge in [0.1, 0.15) is 0 Å². The summed E-state index contributed by atoms with van der Waals surface area (Å²) in [5.74, 6) is 0. The molecular weight excluding hydrogens is 779 g/mol. The number of fused-ring (bicyclic) bond motifs is 19. The minimum atomic E-state index is -0.516. The van der Waals surface area contributed by atoms with Crippen molar-refractivity contribution in [2.45, 2.75) is 5.41 Å². The number of nitrogens with zero attached hydrogens (tertiary/aromatic N) is 1. The summed E-state index contributed by atoms with van der Waals surface area (Å²) >= 11 is 1.87. The third-order valence-electron chi connectivity index (χ3n) is 14.0. The van der Waals surface area contributed by atoms with E-state index in [4.69, 9.17) is 0 Å². The first-order chi connectivity index (χ1) is 31.3. The molecule has 292 valence electrons. The lowest BCUT2D eigenvalue weighted by atomic mass is 9.70. The van der Waals surface area contributed by atoms with Crippen molar-refractivity contribution in [1.82, 2.24) is 0 Å². The fourth-order valence-corrected chi connectivity index (χ4v) is 12.7. The molecule has 0 N–H and O–H groups in total. The Balaban J connectivity index is 1.07. The van der Waals surface area contributed by atoms with E-state index in [1.54, 1.807) is 0 Å². The zero-order valence-corrected chi connectivity index (χ0v) is 35.0. The molecule has 63 heavy (non-hydrogen) atoms. The number of rotatable bonds is 4. The molecular formula is C61H37NS. The molecule has 0 amide bonds. The Morgan fingerprint density at radius 3 is 1.46 bits per heavy atom. The monoisotopic (exact) mass is 815 g/mol. The van der Waals surface area contributed by atoms with Crippen LogP contribution in [0.15, 0.2) is 224 Å². The highest BCUT2D eigenvalue weighted by molar-refractivity contribution is 7.25. The van der Waals surface area contributed by atoms with E-state index in [0.29, 0.717) is 0 Å². The van der Waals surface area contributed by atoms with Crippen LogP contribution in [0.25, 0.3) is 85.9 Å². The van der Waals surface area contributed by atoms with Crippen LogP contribution in [-0.4, -0.2) is 0 Å². The van der Waals surface area contributed by atoms with Gasteiger partial charge in [0.2, 0.25) is 0 Å². The van der Waals surface area contributed by atoms with Crippen LogP contribution in [0.2, 0.25) is 0 Å². The molecule has 1 heterocycles. The lowest BCUT2D eigenvalue weighted by molar-refractivity contribution is 0.793. The van der Waals surface area contributed by atoms with Gasteiger partial charge in [-0.25, -0.2) is 0 Å². The van der Waals surface area contributed by atoms with E-state index in [2.05, 4.69) is 229 Å². The molecule has 1 aromatic heterocycles. The summed E-state index contributed by atoms with van der Waals surface area (Å²) in [6.45, 7) is 0. The topological polar surface area (TPSA) is 3.24 Å². The fraction of sp³-hybridized carbons (Fsp3) is 0.0164. The summed E-state index contributed by atoms with van der Waals surface area (Å²) in [6, 6.07) is 84.3. The lowest BCUT2D eigenvalue weighted by Gasteiger charge is -2.36. The Hall–Kier alpha value is -7.78. The van der Waals surface area contributed by atoms with Crippen molar-refractivity contribution in [1.29, 1.82) is 0 Å². The summed E-state index contributed by atoms with van der Waals surface area (Å²) in [5.41, 5.74) is 15.8. The first-order valence-electron chi connectivity index (χ1n) is 21.8. The predicted molar refractivity (Wildman–Crippen MR) is 268 cm³/mol. The van der Waals surface area contributed by atoms with Gasteiger partial charge in [-0.1, -0.05) is 182 Å². The van der Waals surface area contributed by atoms with Crippen molar-refractivity contribution in [3.63, 3.8) is 0 Å². The van der Waals surface area contributed by atoms with Crippen molar-refractivity contribution < 1.29 is 0 Å². The number of benzene rings is 11. The molecule has 1 nitrogen and oxygen atoms in total. The molecule has 0 atom stereocenters. The standard InChI is InChI=1S/C61H37NS/c1-2-19-44-42(17-1)43-18-3-4-20-45(43)53-37-41(32-34-46(44)53)62(40-16-13-15-38(35-40)39-31-33-51-50-24-8-12-30-58(50)63-59(51)36-39)57-29-14-25-52-49-23-7-11-28-56(49)61(60(52)57)54-26-9-5-21-47(54)48-22-6-10-27-55(48)61/h1-37H. The van der Waals surface area contributed by atoms with Gasteiger partial charge in [0.15, 0.2) is 0 Å². The van der Waals surface area contributed by atoms with E-state index < -0.39 is 5.41 Å². The van der Waals surface area contributed by atoms with E-state index in [0.717, 1.165) is 11.4 Å². The van der Waals surface area contributed by atoms with E-state index in [9.17, 15) is 0 Å². The molecule has 11 aromatic carbocycles. The molecule has 2 heteroatoms. The van der Waals surface area contributed by atoms with Crippen LogP contribution < -0.4 is 4.90 Å². The Kier molecular flexibility index (Phi) is 7.26. The quantitative estimate of drug-likeness (QED) is 0.160. The van der Waals surface area contributed by atoms with E-state index >= 15 is 0 Å². The number of hydrogen-bond acceptors (Lipinski definition) is 2. The maximum atomic E-state index is 2.56. The minimum absolute atomic E-state index is 0.516. The van der Waals surface area contributed by atoms with Crippen molar-refractivity contribution in [3.8, 4) is 33.4 Å². The van der Waals surface area contributed by atoms with Gasteiger partial charge >= 0.3 is 0 Å². The van der Waals surface area contributed by atoms with Gasteiger partial charge in [-0.05, 0) is 125 Å². The molecule has 2 aliphatic rings. The van der Waals surface area contributed by atoms with Crippen LogP contribution in [-0.2, 0) is 5.41 Å². The van der Waals surface area contributed by atoms with Gasteiger partial charge in [-0.15, -0.1) is 11.3 Å². The van der Waals surface area contributed by atoms with E-state index in [1.807, 2.05) is 11.3 Å². The average molecular weight is 816 g/mol. The van der Waals surface area contributed by atoms with Crippen LogP contribution in [0.1, 0.15) is 22.3 Å². The van der Waals surface area contributed by atoms with Crippen molar-refractivity contribution >= 4 is 80.9 Å². The van der Waals surface area contributed by atoms with Gasteiger partial charge in [0.25, 0.3) is 0 Å². The van der Waals surface area contributed by atoms with Gasteiger partial charge in [0.05, 0.1) is 11.1 Å². The van der Waals surface area contributed by atoms with E-state index in [-0.39, 0.29) is 0 Å². The summed E-state index contributed by atoms with van der Waals surface area (Å²) in [6.07, 6.45) is 0. The third-order valence-corrected chi connectivity index (χ3v) is 15.2. The second-order valence-corrected chi connectivity index (χ2v) is 18.2. The largest absolute Gasteiger partial charge is 0.310 e. The summed E-state index contributed by atoms with van der Waals surface area (Å²) in [5, 5.41) is 10.2. The highest BCUT2D eigenvalue weighted by Crippen LogP contribution is 2.65. The summed E-state index contributed by atoms with van der Waals surface area (Å²) < 4.78 is 2.63. The molecule has 0 saturated carbocycles. The maximum Gasteiger partial charge on any atom is 0.0746 e. The number of anilines is 3. The van der Waals surface area contributed by atoms with Crippen molar-refractivity contribution in [3.05, 3.63) is 247 Å². The number of hydrogen-bond donors (Lipinski definition) is 0. The van der Waals surface area contributed by atoms with Gasteiger partial charge in [-0.3, -0.25) is 0 Å². The normalized spacial score (nSPS) is 13.2. The van der Waals surface area contributed by atoms with Gasteiger partial charge in [0, 0.05) is 37.1 Å². The Morgan fingerprint density at radius 2 is 0.778 bits per heavy atom. The molecule has 0 aliphatic heterocycles. The van der Waals surface area contributed by atoms with Crippen molar-refractivity contribution in [2.75, 3.05) is 4.90 Å². The fourth-order valence-electron chi connectivity index (χ4n) is 11.5. The van der Waals surface area contributed by atoms with Crippen LogP contribution in [0.4, 0.5) is 17.1 Å². The predicted octanol–water partition coefficient (Wildman–Crippen LogP) is 17.0. The maximum absolute atomic E-state index is 2.56. The number of thiophene rings is 1. The Morgan fingerprint density at radius 1 is 0.302 bits per heavy atom. The van der Waals surface area contributed by atoms with Gasteiger partial charge in [-0.2, -0.15) is 0 Å². The SMILES string of the molecule is c1cc(-c2ccc3c(c2)sc2ccccc23)cc(N(c2ccc3c4ccccc4c4ccccc4c3c2)c2cccc3c2C2(c4ccccc4-c4ccccc42)c2ccccc2-3)c1. The second kappa shape index (κ2) is 13.1. The highest BCUT2D eigenvalue weighted by Gasteiger charge is 2.53. The molecule has 0 radical (unpaired) electrons. The first kappa shape index (κ1) is 34.9. The lowest BCUT2D eigenvalue weighted by Crippen LogP contribution is -2.28. The molecule has 0 unspecified atom stereocenters. The summed E-state index contributed by atoms with van der Waals surface area (Å²) in [4.78, 5) is 2.56. The van der Waals surface area contributed by atoms with Crippen LogP contribution in [0, 0.1) is 0 Å². The minimum Gasteiger partial charge on any atom is -0.310 e. The zero-order chi connectivity index (χ0) is 41.2. The molecule has 0 fully saturated rings. The zero-order valence-electron chi connectivity index (χ0n) is 34.2. The molecule has 14 rings (SSSR count). The molecule has 1 spiro atoms. The molecule has 0 saturated heterocycles. The van der Waals surface area contributed by atoms with Crippen molar-refractivity contribution in [2.24, 2.45) is 0 Å². The van der Waals surface area contributed by atoms with Crippen LogP contribution >= 0.6 is 11.3 Å². The Labute approximate surface area is 369 Å². The Bertz CT molecular complexity index is 3790. The molecule has 12 aromatic rings. The average Bonchev–Trinajstić information content (AvgIpc) is 3.98. The molecule has 2 aliphatic carbocycles. The summed E-state index contributed by atoms with van der Waals surface area (Å²) in [7, 11) is 0.